The van der Waals surface area contributed by atoms with Crippen LogP contribution in [0.25, 0.3) is 33.8 Å². The smallest absolute Gasteiger partial charge is 0.418 e. The Hall–Kier alpha value is -4.30. The van der Waals surface area contributed by atoms with E-state index in [4.69, 9.17) is 19.6 Å². The maximum absolute atomic E-state index is 15.7. The number of nitrogens with one attached hydrogen (secondary N) is 1. The third kappa shape index (κ3) is 7.67. The van der Waals surface area contributed by atoms with Gasteiger partial charge in [-0.05, 0) is 62.8 Å². The zero-order valence-electron chi connectivity index (χ0n) is 28.7. The Kier molecular flexibility index (Phi) is 9.65. The number of carboxylic acids is 1. The van der Waals surface area contributed by atoms with Gasteiger partial charge in [0.2, 0.25) is 0 Å². The number of aliphatic carboxylic acids is 1. The average molecular weight is 711 g/mol. The second-order valence-corrected chi connectivity index (χ2v) is 14.4. The van der Waals surface area contributed by atoms with Gasteiger partial charge in [-0.25, -0.2) is 14.4 Å². The molecule has 10 nitrogen and oxygen atoms in total. The molecule has 1 saturated heterocycles. The highest BCUT2D eigenvalue weighted by Crippen LogP contribution is 2.46. The van der Waals surface area contributed by atoms with Crippen LogP contribution >= 0.6 is 0 Å². The maximum atomic E-state index is 15.7. The van der Waals surface area contributed by atoms with Crippen LogP contribution in [0.4, 0.5) is 23.2 Å². The van der Waals surface area contributed by atoms with Crippen molar-refractivity contribution in [2.45, 2.75) is 69.6 Å². The normalized spacial score (nSPS) is 18.4. The molecule has 4 aromatic rings. The highest BCUT2D eigenvalue weighted by molar-refractivity contribution is 5.91. The first-order valence-electron chi connectivity index (χ1n) is 17.5. The molecule has 0 bridgehead atoms. The van der Waals surface area contributed by atoms with E-state index in [0.717, 1.165) is 31.7 Å². The average Bonchev–Trinajstić information content (AvgIpc) is 3.69. The van der Waals surface area contributed by atoms with Crippen molar-refractivity contribution in [2.75, 3.05) is 51.8 Å². The third-order valence-corrected chi connectivity index (χ3v) is 10.4. The summed E-state index contributed by atoms with van der Waals surface area (Å²) in [4.78, 5) is 31.8. The molecule has 0 spiro atoms. The largest absolute Gasteiger partial charge is 0.490 e. The van der Waals surface area contributed by atoms with Gasteiger partial charge in [0.05, 0.1) is 41.4 Å². The van der Waals surface area contributed by atoms with Crippen LogP contribution in [0.3, 0.4) is 0 Å². The summed E-state index contributed by atoms with van der Waals surface area (Å²) in [5, 5.41) is 9.05. The van der Waals surface area contributed by atoms with Crippen LogP contribution in [0.5, 0.6) is 5.75 Å². The predicted molar refractivity (Wildman–Crippen MR) is 183 cm³/mol. The number of H-pyrrole nitrogens is 1. The third-order valence-electron chi connectivity index (χ3n) is 10.4. The number of nitrogens with zero attached hydrogens (tertiary/aromatic N) is 5. The van der Waals surface area contributed by atoms with Gasteiger partial charge < -0.3 is 24.5 Å². The summed E-state index contributed by atoms with van der Waals surface area (Å²) in [6.07, 6.45) is 3.49. The second kappa shape index (κ2) is 14.0. The Morgan fingerprint density at radius 3 is 2.49 bits per heavy atom. The van der Waals surface area contributed by atoms with Crippen LogP contribution in [0.1, 0.15) is 68.5 Å². The van der Waals surface area contributed by atoms with Crippen molar-refractivity contribution in [3.63, 3.8) is 0 Å². The Bertz CT molecular complexity index is 1900. The van der Waals surface area contributed by atoms with Crippen LogP contribution in [0.2, 0.25) is 0 Å². The molecule has 0 radical (unpaired) electrons. The number of fused-ring (bicyclic) bond motifs is 1. The highest BCUT2D eigenvalue weighted by Gasteiger charge is 2.40. The van der Waals surface area contributed by atoms with Crippen LogP contribution in [0.15, 0.2) is 36.5 Å². The zero-order valence-corrected chi connectivity index (χ0v) is 28.7. The van der Waals surface area contributed by atoms with Crippen LogP contribution in [-0.4, -0.2) is 89.0 Å². The number of alkyl halides is 3. The summed E-state index contributed by atoms with van der Waals surface area (Å²) in [5.74, 6) is -1.05. The number of likely N-dealkylation sites (tertiary alicyclic amines) is 1. The quantitative estimate of drug-likeness (QED) is 0.146. The zero-order chi connectivity index (χ0) is 35.9. The van der Waals surface area contributed by atoms with Gasteiger partial charge in [0.15, 0.2) is 5.65 Å². The lowest BCUT2D eigenvalue weighted by molar-refractivity contribution is -0.139. The molecule has 3 aromatic heterocycles. The summed E-state index contributed by atoms with van der Waals surface area (Å²) in [6.45, 7) is 2.35. The molecule has 2 saturated carbocycles. The molecule has 7 rings (SSSR count). The fraction of sp³-hybridized carbons (Fsp3) is 0.514. The number of anilines is 1. The second-order valence-electron chi connectivity index (χ2n) is 14.4. The monoisotopic (exact) mass is 710 g/mol. The maximum Gasteiger partial charge on any atom is 0.418 e. The fourth-order valence-electron chi connectivity index (χ4n) is 7.77. The number of aromatic nitrogens is 4. The van der Waals surface area contributed by atoms with Crippen molar-refractivity contribution in [1.82, 2.24) is 24.8 Å². The van der Waals surface area contributed by atoms with Crippen molar-refractivity contribution in [3.8, 4) is 28.4 Å². The molecule has 272 valence electrons. The van der Waals surface area contributed by atoms with Gasteiger partial charge in [-0.15, -0.1) is 0 Å². The molecule has 2 N–H and O–H groups in total. The van der Waals surface area contributed by atoms with Gasteiger partial charge in [-0.2, -0.15) is 13.2 Å². The molecule has 3 fully saturated rings. The van der Waals surface area contributed by atoms with Gasteiger partial charge >= 0.3 is 12.1 Å². The number of piperidine rings is 1. The molecule has 1 aliphatic heterocycles. The lowest BCUT2D eigenvalue weighted by atomic mass is 9.86. The summed E-state index contributed by atoms with van der Waals surface area (Å²) >= 11 is 0. The van der Waals surface area contributed by atoms with E-state index in [1.54, 1.807) is 25.3 Å². The first-order valence-corrected chi connectivity index (χ1v) is 17.5. The minimum absolute atomic E-state index is 0.0202. The number of rotatable bonds is 12. The minimum Gasteiger partial charge on any atom is -0.490 e. The molecule has 1 aromatic carbocycles. The molecular weight excluding hydrogens is 668 g/mol. The lowest BCUT2D eigenvalue weighted by Crippen LogP contribution is -2.40. The predicted octanol–water partition coefficient (Wildman–Crippen LogP) is 7.29. The number of benzene rings is 1. The number of carbonyl (C=O) groups is 1. The summed E-state index contributed by atoms with van der Waals surface area (Å²) in [7, 11) is 3.62. The molecule has 14 heteroatoms. The van der Waals surface area contributed by atoms with Crippen LogP contribution < -0.4 is 9.64 Å². The van der Waals surface area contributed by atoms with Crippen molar-refractivity contribution >= 4 is 22.8 Å². The SMILES string of the molecule is COCC1(CN(C)c2cc(-c3cnc(C4CC4)c(C(F)(F)F)c3)nc3nc(-c4ccc(OC5CCN(CC(=O)O)CC5)cc4F)[nH]c23)CCCC1. The summed E-state index contributed by atoms with van der Waals surface area (Å²) in [5.41, 5.74) is 1.38. The number of imidazole rings is 1. The topological polar surface area (TPSA) is 117 Å². The summed E-state index contributed by atoms with van der Waals surface area (Å²) in [6, 6.07) is 7.43. The lowest BCUT2D eigenvalue weighted by Gasteiger charge is -2.34. The van der Waals surface area contributed by atoms with E-state index in [-0.39, 0.29) is 58.0 Å². The van der Waals surface area contributed by atoms with Crippen molar-refractivity contribution in [1.29, 1.82) is 0 Å². The number of carboxylic acid groups (broad SMARTS) is 1. The van der Waals surface area contributed by atoms with Gasteiger partial charge in [0, 0.05) is 63.0 Å². The van der Waals surface area contributed by atoms with Gasteiger partial charge in [0.25, 0.3) is 0 Å². The first-order chi connectivity index (χ1) is 24.4. The molecule has 0 amide bonds. The van der Waals surface area contributed by atoms with E-state index < -0.39 is 23.5 Å². The van der Waals surface area contributed by atoms with E-state index in [2.05, 4.69) is 19.9 Å². The highest BCUT2D eigenvalue weighted by atomic mass is 19.4. The number of hydrogen-bond donors (Lipinski definition) is 2. The molecule has 0 unspecified atom stereocenters. The Morgan fingerprint density at radius 1 is 1.10 bits per heavy atom. The number of pyridine rings is 2. The summed E-state index contributed by atoms with van der Waals surface area (Å²) < 4.78 is 70.1. The first kappa shape index (κ1) is 35.1. The van der Waals surface area contributed by atoms with Crippen LogP contribution in [-0.2, 0) is 15.7 Å². The van der Waals surface area contributed by atoms with Crippen molar-refractivity contribution in [2.24, 2.45) is 5.41 Å². The van der Waals surface area contributed by atoms with E-state index in [9.17, 15) is 18.0 Å². The van der Waals surface area contributed by atoms with E-state index in [1.165, 1.54) is 12.3 Å². The number of aromatic amines is 1. The number of methoxy groups -OCH3 is 1. The van der Waals surface area contributed by atoms with Crippen molar-refractivity contribution < 1.29 is 36.9 Å². The Morgan fingerprint density at radius 2 is 1.84 bits per heavy atom. The molecular formula is C37H42F4N6O4. The minimum atomic E-state index is -4.57. The standard InChI is InChI=1S/C37H42F4N6O4/c1-46(20-36(21-50-2)11-3-4-12-36)30-17-29(23-15-27(37(39,40)41)32(42-18-23)22-5-6-22)43-35-33(30)44-34(45-35)26-8-7-25(16-28(26)38)51-24-9-13-47(14-10-24)19-31(48)49/h7-8,15-18,22,24H,3-6,9-14,19-21H2,1-2H3,(H,48,49)(H,43,44,45). The number of ether oxygens (including phenoxy) is 2. The van der Waals surface area contributed by atoms with Gasteiger partial charge in [0.1, 0.15) is 29.0 Å². The van der Waals surface area contributed by atoms with E-state index in [1.807, 2.05) is 11.9 Å². The molecule has 0 atom stereocenters. The van der Waals surface area contributed by atoms with Gasteiger partial charge in [-0.3, -0.25) is 14.7 Å². The van der Waals surface area contributed by atoms with Gasteiger partial charge in [-0.1, -0.05) is 12.8 Å². The molecule has 51 heavy (non-hydrogen) atoms. The van der Waals surface area contributed by atoms with E-state index >= 15 is 4.39 Å². The number of hydrogen-bond acceptors (Lipinski definition) is 8. The van der Waals surface area contributed by atoms with Crippen LogP contribution in [0, 0.1) is 11.2 Å². The number of halogens is 4. The van der Waals surface area contributed by atoms with Crippen molar-refractivity contribution in [3.05, 3.63) is 53.6 Å². The van der Waals surface area contributed by atoms with E-state index in [0.29, 0.717) is 68.9 Å². The molecule has 4 heterocycles. The molecule has 2 aliphatic carbocycles. The Labute approximate surface area is 293 Å². The Balaban J connectivity index is 1.22. The fourth-order valence-corrected chi connectivity index (χ4v) is 7.77. The molecule has 3 aliphatic rings.